The number of aromatic carboxylic acids is 1. The van der Waals surface area contributed by atoms with Gasteiger partial charge in [-0.3, -0.25) is 0 Å². The molecule has 1 aromatic carbocycles. The Bertz CT molecular complexity index is 619. The zero-order chi connectivity index (χ0) is 12.0. The van der Waals surface area contributed by atoms with Crippen molar-refractivity contribution in [1.82, 2.24) is 0 Å². The molecule has 1 N–H and O–H groups in total. The molecule has 1 aliphatic rings. The molecule has 0 radical (unpaired) electrons. The topological polar surface area (TPSA) is 37.3 Å². The van der Waals surface area contributed by atoms with E-state index in [1.54, 1.807) is 17.8 Å². The summed E-state index contributed by atoms with van der Waals surface area (Å²) in [5.74, 6) is -0.0359. The van der Waals surface area contributed by atoms with Crippen LogP contribution in [0.5, 0.6) is 0 Å². The summed E-state index contributed by atoms with van der Waals surface area (Å²) in [6.45, 7) is 0. The van der Waals surface area contributed by atoms with Crippen molar-refractivity contribution in [3.05, 3.63) is 39.7 Å². The van der Waals surface area contributed by atoms with Crippen LogP contribution < -0.4 is 0 Å². The molecule has 17 heavy (non-hydrogen) atoms. The van der Waals surface area contributed by atoms with E-state index in [-0.39, 0.29) is 0 Å². The van der Waals surface area contributed by atoms with Gasteiger partial charge in [0.1, 0.15) is 4.88 Å². The van der Waals surface area contributed by atoms with E-state index in [1.807, 2.05) is 18.2 Å². The second kappa shape index (κ2) is 4.05. The number of carboxylic acid groups (broad SMARTS) is 1. The number of thiophene rings is 1. The minimum atomic E-state index is -0.863. The van der Waals surface area contributed by atoms with Crippen molar-refractivity contribution in [2.24, 2.45) is 0 Å². The van der Waals surface area contributed by atoms with E-state index in [4.69, 9.17) is 16.7 Å². The summed E-state index contributed by atoms with van der Waals surface area (Å²) in [5.41, 5.74) is 2.15. The minimum absolute atomic E-state index is 0.392. The highest BCUT2D eigenvalue weighted by molar-refractivity contribution is 7.98. The van der Waals surface area contributed by atoms with Crippen molar-refractivity contribution >= 4 is 40.7 Å². The first-order valence-electron chi connectivity index (χ1n) is 4.94. The highest BCUT2D eigenvalue weighted by Crippen LogP contribution is 2.46. The van der Waals surface area contributed by atoms with E-state index >= 15 is 0 Å². The molecule has 0 bridgehead atoms. The predicted molar refractivity (Wildman–Crippen MR) is 71.3 cm³/mol. The highest BCUT2D eigenvalue weighted by atomic mass is 35.5. The van der Waals surface area contributed by atoms with E-state index in [9.17, 15) is 4.79 Å². The van der Waals surface area contributed by atoms with E-state index in [0.29, 0.717) is 9.90 Å². The van der Waals surface area contributed by atoms with Gasteiger partial charge in [0.15, 0.2) is 0 Å². The van der Waals surface area contributed by atoms with Crippen LogP contribution in [-0.4, -0.2) is 11.1 Å². The largest absolute Gasteiger partial charge is 0.477 e. The van der Waals surface area contributed by atoms with Crippen molar-refractivity contribution < 1.29 is 9.90 Å². The number of halogens is 1. The molecule has 0 saturated heterocycles. The molecule has 2 aromatic rings. The Balaban J connectivity index is 2.21. The van der Waals surface area contributed by atoms with Crippen LogP contribution in [0, 0.1) is 0 Å². The zero-order valence-corrected chi connectivity index (χ0v) is 11.0. The van der Waals surface area contributed by atoms with E-state index < -0.39 is 5.97 Å². The second-order valence-electron chi connectivity index (χ2n) is 3.70. The van der Waals surface area contributed by atoms with Crippen molar-refractivity contribution in [2.45, 2.75) is 10.6 Å². The summed E-state index contributed by atoms with van der Waals surface area (Å²) in [6.07, 6.45) is 0. The minimum Gasteiger partial charge on any atom is -0.477 e. The van der Waals surface area contributed by atoms with Crippen LogP contribution in [0.3, 0.4) is 0 Å². The van der Waals surface area contributed by atoms with Gasteiger partial charge in [-0.05, 0) is 29.8 Å². The third kappa shape index (κ3) is 1.86. The molecule has 2 nitrogen and oxygen atoms in total. The quantitative estimate of drug-likeness (QED) is 0.844. The Morgan fingerprint density at radius 3 is 2.94 bits per heavy atom. The summed E-state index contributed by atoms with van der Waals surface area (Å²) in [6, 6.07) is 7.53. The number of benzene rings is 1. The number of hydrogen-bond donors (Lipinski definition) is 1. The normalized spacial score (nSPS) is 13.0. The second-order valence-corrected chi connectivity index (χ2v) is 6.21. The molecule has 1 aromatic heterocycles. The zero-order valence-electron chi connectivity index (χ0n) is 8.57. The first-order valence-corrected chi connectivity index (χ1v) is 7.12. The Morgan fingerprint density at radius 2 is 2.18 bits per heavy atom. The Kier molecular flexibility index (Phi) is 2.65. The number of rotatable bonds is 1. The fourth-order valence-electron chi connectivity index (χ4n) is 1.83. The Labute approximate surface area is 111 Å². The monoisotopic (exact) mass is 282 g/mol. The number of carboxylic acids is 1. The standard InChI is InChI=1S/C12H7ClO2S2/c13-7-1-2-9-8(4-7)11-6(5-16-9)3-10(17-11)12(14)15/h1-4H,5H2,(H,14,15). The number of thioether (sulfide) groups is 1. The molecule has 0 fully saturated rings. The van der Waals surface area contributed by atoms with Crippen LogP contribution in [-0.2, 0) is 5.75 Å². The van der Waals surface area contributed by atoms with Gasteiger partial charge in [0.2, 0.25) is 0 Å². The molecular formula is C12H7ClO2S2. The number of hydrogen-bond acceptors (Lipinski definition) is 3. The van der Waals surface area contributed by atoms with Crippen LogP contribution in [0.4, 0.5) is 0 Å². The van der Waals surface area contributed by atoms with Gasteiger partial charge in [-0.15, -0.1) is 23.1 Å². The molecule has 0 unspecified atom stereocenters. The average molecular weight is 283 g/mol. The summed E-state index contributed by atoms with van der Waals surface area (Å²) in [5, 5.41) is 9.70. The van der Waals surface area contributed by atoms with Gasteiger partial charge in [-0.2, -0.15) is 0 Å². The highest BCUT2D eigenvalue weighted by Gasteiger charge is 2.21. The van der Waals surface area contributed by atoms with E-state index in [2.05, 4.69) is 0 Å². The van der Waals surface area contributed by atoms with Gasteiger partial charge in [0.25, 0.3) is 0 Å². The molecule has 5 heteroatoms. The molecule has 0 aliphatic carbocycles. The molecule has 0 amide bonds. The molecule has 0 spiro atoms. The van der Waals surface area contributed by atoms with Gasteiger partial charge < -0.3 is 5.11 Å². The average Bonchev–Trinajstić information content (AvgIpc) is 2.73. The van der Waals surface area contributed by atoms with Gasteiger partial charge >= 0.3 is 5.97 Å². The summed E-state index contributed by atoms with van der Waals surface area (Å²) in [7, 11) is 0. The lowest BCUT2D eigenvalue weighted by Crippen LogP contribution is -1.91. The predicted octanol–water partition coefficient (Wildman–Crippen LogP) is 4.37. The lowest BCUT2D eigenvalue weighted by molar-refractivity contribution is 0.0702. The van der Waals surface area contributed by atoms with Crippen LogP contribution in [0.25, 0.3) is 10.4 Å². The van der Waals surface area contributed by atoms with Gasteiger partial charge in [0.05, 0.1) is 0 Å². The van der Waals surface area contributed by atoms with Crippen molar-refractivity contribution in [1.29, 1.82) is 0 Å². The first kappa shape index (κ1) is 11.1. The van der Waals surface area contributed by atoms with E-state index in [0.717, 1.165) is 21.8 Å². The van der Waals surface area contributed by atoms with Crippen molar-refractivity contribution in [2.75, 3.05) is 0 Å². The smallest absolute Gasteiger partial charge is 0.345 e. The van der Waals surface area contributed by atoms with Crippen molar-refractivity contribution in [3.63, 3.8) is 0 Å². The molecule has 2 heterocycles. The van der Waals surface area contributed by atoms with Crippen LogP contribution in [0.2, 0.25) is 5.02 Å². The summed E-state index contributed by atoms with van der Waals surface area (Å²) >= 11 is 9.04. The summed E-state index contributed by atoms with van der Waals surface area (Å²) in [4.78, 5) is 13.6. The fraction of sp³-hybridized carbons (Fsp3) is 0.0833. The number of carbonyl (C=O) groups is 1. The Morgan fingerprint density at radius 1 is 1.35 bits per heavy atom. The third-order valence-corrected chi connectivity index (χ3v) is 5.15. The molecule has 1 aliphatic heterocycles. The summed E-state index contributed by atoms with van der Waals surface area (Å²) < 4.78 is 0. The first-order chi connectivity index (χ1) is 8.15. The van der Waals surface area contributed by atoms with Crippen molar-refractivity contribution in [3.8, 4) is 10.4 Å². The Hall–Kier alpha value is -0.970. The molecular weight excluding hydrogens is 276 g/mol. The molecule has 0 saturated carbocycles. The lowest BCUT2D eigenvalue weighted by Gasteiger charge is -2.15. The van der Waals surface area contributed by atoms with Gasteiger partial charge in [0, 0.05) is 26.1 Å². The molecule has 86 valence electrons. The third-order valence-electron chi connectivity index (χ3n) is 2.59. The van der Waals surface area contributed by atoms with Crippen LogP contribution in [0.1, 0.15) is 15.2 Å². The fourth-order valence-corrected chi connectivity index (χ4v) is 4.23. The molecule has 3 rings (SSSR count). The maximum absolute atomic E-state index is 11.0. The van der Waals surface area contributed by atoms with Crippen LogP contribution >= 0.6 is 34.7 Å². The lowest BCUT2D eigenvalue weighted by atomic mass is 10.1. The maximum atomic E-state index is 11.0. The van der Waals surface area contributed by atoms with Gasteiger partial charge in [-0.25, -0.2) is 4.79 Å². The van der Waals surface area contributed by atoms with Gasteiger partial charge in [-0.1, -0.05) is 11.6 Å². The van der Waals surface area contributed by atoms with E-state index in [1.165, 1.54) is 16.2 Å². The van der Waals surface area contributed by atoms with Crippen LogP contribution in [0.15, 0.2) is 29.2 Å². The SMILES string of the molecule is O=C(O)c1cc2c(s1)-c1cc(Cl)ccc1SC2. The molecule has 0 atom stereocenters. The maximum Gasteiger partial charge on any atom is 0.345 e. The number of fused-ring (bicyclic) bond motifs is 3.